The van der Waals surface area contributed by atoms with Crippen molar-refractivity contribution in [3.8, 4) is 0 Å². The normalized spacial score (nSPS) is 31.2. The molecular weight excluding hydrogens is 354 g/mol. The predicted molar refractivity (Wildman–Crippen MR) is 75.3 cm³/mol. The second kappa shape index (κ2) is 6.81. The van der Waals surface area contributed by atoms with Crippen molar-refractivity contribution in [1.29, 1.82) is 0 Å². The fourth-order valence-corrected chi connectivity index (χ4v) is 4.36. The van der Waals surface area contributed by atoms with Crippen LogP contribution in [0.4, 0.5) is 26.3 Å². The van der Waals surface area contributed by atoms with Crippen molar-refractivity contribution >= 4 is 5.97 Å². The summed E-state index contributed by atoms with van der Waals surface area (Å²) in [6.45, 7) is 3.24. The quantitative estimate of drug-likeness (QED) is 0.459. The van der Waals surface area contributed by atoms with Crippen LogP contribution in [0.5, 0.6) is 0 Å². The van der Waals surface area contributed by atoms with Crippen molar-refractivity contribution in [2.75, 3.05) is 0 Å². The number of fused-ring (bicyclic) bond motifs is 1. The Morgan fingerprint density at radius 1 is 0.960 bits per heavy atom. The SMILES string of the molecule is C=CC(=O)OC1CCC(C(O)(C(F)(F)F)C(F)(F)F)C2CCCCC12. The van der Waals surface area contributed by atoms with Gasteiger partial charge in [0.1, 0.15) is 6.10 Å². The van der Waals surface area contributed by atoms with Crippen LogP contribution in [0.2, 0.25) is 0 Å². The lowest BCUT2D eigenvalue weighted by Gasteiger charge is -2.51. The molecule has 2 aliphatic rings. The lowest BCUT2D eigenvalue weighted by Crippen LogP contribution is -2.65. The standard InChI is InChI=1S/C16H20F6O3/c1-2-13(23)25-12-8-7-11(9-5-3-4-6-10(9)12)14(24,15(17,18)19)16(20,21)22/h2,9-12,24H,1,3-8H2. The Morgan fingerprint density at radius 3 is 1.96 bits per heavy atom. The zero-order valence-electron chi connectivity index (χ0n) is 13.4. The molecular formula is C16H20F6O3. The topological polar surface area (TPSA) is 46.5 Å². The summed E-state index contributed by atoms with van der Waals surface area (Å²) in [4.78, 5) is 11.4. The van der Waals surface area contributed by atoms with E-state index in [1.165, 1.54) is 0 Å². The number of esters is 1. The number of halogens is 6. The molecule has 3 nitrogen and oxygen atoms in total. The summed E-state index contributed by atoms with van der Waals surface area (Å²) in [5, 5.41) is 9.79. The maximum atomic E-state index is 13.2. The molecule has 0 amide bonds. The van der Waals surface area contributed by atoms with Gasteiger partial charge in [0.15, 0.2) is 0 Å². The molecule has 2 aliphatic carbocycles. The van der Waals surface area contributed by atoms with Gasteiger partial charge >= 0.3 is 18.3 Å². The van der Waals surface area contributed by atoms with Gasteiger partial charge in [0.05, 0.1) is 0 Å². The maximum Gasteiger partial charge on any atom is 0.426 e. The highest BCUT2D eigenvalue weighted by Crippen LogP contribution is 2.57. The second-order valence-corrected chi connectivity index (χ2v) is 6.74. The Morgan fingerprint density at radius 2 is 1.48 bits per heavy atom. The molecule has 0 radical (unpaired) electrons. The van der Waals surface area contributed by atoms with Gasteiger partial charge in [0, 0.05) is 12.0 Å². The number of carbonyl (C=O) groups excluding carboxylic acids is 1. The number of alkyl halides is 6. The Hall–Kier alpha value is -1.25. The van der Waals surface area contributed by atoms with Crippen LogP contribution in [0.15, 0.2) is 12.7 Å². The number of hydrogen-bond acceptors (Lipinski definition) is 3. The van der Waals surface area contributed by atoms with Gasteiger partial charge in [0.25, 0.3) is 5.60 Å². The van der Waals surface area contributed by atoms with E-state index in [-0.39, 0.29) is 12.8 Å². The third kappa shape index (κ3) is 3.52. The number of ether oxygens (including phenoxy) is 1. The molecule has 0 bridgehead atoms. The smallest absolute Gasteiger partial charge is 0.426 e. The molecule has 144 valence electrons. The van der Waals surface area contributed by atoms with E-state index < -0.39 is 54.2 Å². The van der Waals surface area contributed by atoms with Gasteiger partial charge in [-0.05, 0) is 37.5 Å². The molecule has 2 rings (SSSR count). The highest BCUT2D eigenvalue weighted by Gasteiger charge is 2.75. The molecule has 0 aromatic heterocycles. The van der Waals surface area contributed by atoms with E-state index in [2.05, 4.69) is 6.58 Å². The van der Waals surface area contributed by atoms with Crippen LogP contribution in [0, 0.1) is 17.8 Å². The first-order valence-electron chi connectivity index (χ1n) is 8.12. The van der Waals surface area contributed by atoms with Crippen LogP contribution in [-0.2, 0) is 9.53 Å². The fraction of sp³-hybridized carbons (Fsp3) is 0.812. The minimum Gasteiger partial charge on any atom is -0.459 e. The van der Waals surface area contributed by atoms with E-state index in [1.807, 2.05) is 0 Å². The zero-order chi connectivity index (χ0) is 19.0. The van der Waals surface area contributed by atoms with Gasteiger partial charge in [-0.2, -0.15) is 26.3 Å². The van der Waals surface area contributed by atoms with Crippen LogP contribution in [0.3, 0.4) is 0 Å². The predicted octanol–water partition coefficient (Wildman–Crippen LogP) is 4.16. The number of rotatable bonds is 3. The minimum atomic E-state index is -5.83. The van der Waals surface area contributed by atoms with Crippen molar-refractivity contribution in [2.24, 2.45) is 17.8 Å². The summed E-state index contributed by atoms with van der Waals surface area (Å²) in [5.41, 5.74) is -4.76. The third-order valence-electron chi connectivity index (χ3n) is 5.47. The van der Waals surface area contributed by atoms with Crippen LogP contribution >= 0.6 is 0 Å². The van der Waals surface area contributed by atoms with Gasteiger partial charge in [-0.3, -0.25) is 0 Å². The first-order valence-corrected chi connectivity index (χ1v) is 8.12. The van der Waals surface area contributed by atoms with E-state index in [4.69, 9.17) is 4.74 Å². The van der Waals surface area contributed by atoms with E-state index in [1.54, 1.807) is 0 Å². The van der Waals surface area contributed by atoms with Crippen molar-refractivity contribution in [2.45, 2.75) is 62.6 Å². The molecule has 0 aromatic rings. The monoisotopic (exact) mass is 374 g/mol. The van der Waals surface area contributed by atoms with Gasteiger partial charge in [0.2, 0.25) is 0 Å². The van der Waals surface area contributed by atoms with Crippen LogP contribution < -0.4 is 0 Å². The lowest BCUT2D eigenvalue weighted by molar-refractivity contribution is -0.394. The molecule has 2 saturated carbocycles. The average Bonchev–Trinajstić information content (AvgIpc) is 2.52. The number of hydrogen-bond donors (Lipinski definition) is 1. The summed E-state index contributed by atoms with van der Waals surface area (Å²) in [7, 11) is 0. The molecule has 0 heterocycles. The van der Waals surface area contributed by atoms with Crippen molar-refractivity contribution in [1.82, 2.24) is 0 Å². The Labute approximate surface area is 141 Å². The summed E-state index contributed by atoms with van der Waals surface area (Å²) in [6, 6.07) is 0. The van der Waals surface area contributed by atoms with E-state index in [9.17, 15) is 36.2 Å². The van der Waals surface area contributed by atoms with Gasteiger partial charge in [-0.25, -0.2) is 4.79 Å². The fourth-order valence-electron chi connectivity index (χ4n) is 4.36. The number of carbonyl (C=O) groups is 1. The molecule has 0 spiro atoms. The molecule has 9 heteroatoms. The highest BCUT2D eigenvalue weighted by atomic mass is 19.4. The molecule has 1 N–H and O–H groups in total. The Bertz CT molecular complexity index is 499. The average molecular weight is 374 g/mol. The molecule has 0 aliphatic heterocycles. The van der Waals surface area contributed by atoms with Crippen LogP contribution in [0.1, 0.15) is 38.5 Å². The molecule has 4 unspecified atom stereocenters. The third-order valence-corrected chi connectivity index (χ3v) is 5.47. The molecule has 4 atom stereocenters. The molecule has 25 heavy (non-hydrogen) atoms. The van der Waals surface area contributed by atoms with Gasteiger partial charge in [-0.1, -0.05) is 19.4 Å². The summed E-state index contributed by atoms with van der Waals surface area (Å²) >= 11 is 0. The van der Waals surface area contributed by atoms with Crippen molar-refractivity contribution in [3.63, 3.8) is 0 Å². The van der Waals surface area contributed by atoms with Crippen molar-refractivity contribution in [3.05, 3.63) is 12.7 Å². The Kier molecular flexibility index (Phi) is 5.47. The first-order chi connectivity index (χ1) is 11.4. The first kappa shape index (κ1) is 20.1. The molecule has 0 saturated heterocycles. The van der Waals surface area contributed by atoms with Crippen LogP contribution in [-0.4, -0.2) is 35.1 Å². The maximum absolute atomic E-state index is 13.2. The van der Waals surface area contributed by atoms with E-state index >= 15 is 0 Å². The van der Waals surface area contributed by atoms with Gasteiger partial charge < -0.3 is 9.84 Å². The Balaban J connectivity index is 2.36. The van der Waals surface area contributed by atoms with Gasteiger partial charge in [-0.15, -0.1) is 0 Å². The highest BCUT2D eigenvalue weighted by molar-refractivity contribution is 5.81. The van der Waals surface area contributed by atoms with Crippen molar-refractivity contribution < 1.29 is 41.0 Å². The summed E-state index contributed by atoms with van der Waals surface area (Å²) < 4.78 is 84.6. The largest absolute Gasteiger partial charge is 0.459 e. The minimum absolute atomic E-state index is 0.131. The van der Waals surface area contributed by atoms with E-state index in [0.717, 1.165) is 6.08 Å². The summed E-state index contributed by atoms with van der Waals surface area (Å²) in [5.74, 6) is -4.41. The molecule has 2 fully saturated rings. The number of aliphatic hydroxyl groups is 1. The summed E-state index contributed by atoms with van der Waals surface area (Å²) in [6.07, 6.45) is -10.6. The molecule has 0 aromatic carbocycles. The van der Waals surface area contributed by atoms with Crippen LogP contribution in [0.25, 0.3) is 0 Å². The van der Waals surface area contributed by atoms with E-state index in [0.29, 0.717) is 19.3 Å². The second-order valence-electron chi connectivity index (χ2n) is 6.74. The zero-order valence-corrected chi connectivity index (χ0v) is 13.4. The lowest BCUT2D eigenvalue weighted by atomic mass is 9.59.